The standard InChI is InChI=1S/C13H16N2O2S/c14-9-8-12-4-6-13(7-5-12)18(16,17)15-10-2-1-3-11-15/h4-7H,1-3,8,10-11H2. The van der Waals surface area contributed by atoms with Gasteiger partial charge in [0.25, 0.3) is 0 Å². The van der Waals surface area contributed by atoms with Crippen LogP contribution in [-0.4, -0.2) is 25.8 Å². The molecule has 2 rings (SSSR count). The summed E-state index contributed by atoms with van der Waals surface area (Å²) in [7, 11) is -3.34. The van der Waals surface area contributed by atoms with Gasteiger partial charge in [-0.25, -0.2) is 8.42 Å². The first kappa shape index (κ1) is 13.1. The van der Waals surface area contributed by atoms with Gasteiger partial charge in [-0.05, 0) is 30.5 Å². The van der Waals surface area contributed by atoms with E-state index in [4.69, 9.17) is 5.26 Å². The first-order valence-electron chi connectivity index (χ1n) is 6.10. The van der Waals surface area contributed by atoms with Gasteiger partial charge in [-0.15, -0.1) is 0 Å². The van der Waals surface area contributed by atoms with Crippen LogP contribution in [0.4, 0.5) is 0 Å². The van der Waals surface area contributed by atoms with E-state index in [2.05, 4.69) is 0 Å². The van der Waals surface area contributed by atoms with Crippen LogP contribution in [0.3, 0.4) is 0 Å². The summed E-state index contributed by atoms with van der Waals surface area (Å²) in [5, 5.41) is 8.58. The summed E-state index contributed by atoms with van der Waals surface area (Å²) >= 11 is 0. The molecule has 0 unspecified atom stereocenters. The second-order valence-corrected chi connectivity index (χ2v) is 6.38. The molecular formula is C13H16N2O2S. The van der Waals surface area contributed by atoms with Crippen molar-refractivity contribution in [3.8, 4) is 6.07 Å². The number of nitrogens with zero attached hydrogens (tertiary/aromatic N) is 2. The molecule has 0 spiro atoms. The number of benzene rings is 1. The first-order chi connectivity index (χ1) is 8.64. The fourth-order valence-electron chi connectivity index (χ4n) is 2.12. The SMILES string of the molecule is N#CCc1ccc(S(=O)(=O)N2CCCCC2)cc1. The summed E-state index contributed by atoms with van der Waals surface area (Å²) in [4.78, 5) is 0.325. The maximum absolute atomic E-state index is 12.3. The van der Waals surface area contributed by atoms with Crippen LogP contribution in [0.1, 0.15) is 24.8 Å². The van der Waals surface area contributed by atoms with Crippen LogP contribution in [0.5, 0.6) is 0 Å². The van der Waals surface area contributed by atoms with Crippen molar-refractivity contribution in [1.82, 2.24) is 4.31 Å². The molecule has 1 heterocycles. The average Bonchev–Trinajstić information content (AvgIpc) is 2.41. The zero-order valence-electron chi connectivity index (χ0n) is 10.2. The third-order valence-electron chi connectivity index (χ3n) is 3.16. The minimum Gasteiger partial charge on any atom is -0.207 e. The molecule has 0 N–H and O–H groups in total. The maximum atomic E-state index is 12.3. The third kappa shape index (κ3) is 2.71. The molecule has 0 radical (unpaired) electrons. The van der Waals surface area contributed by atoms with E-state index >= 15 is 0 Å². The molecule has 1 aromatic rings. The molecule has 0 bridgehead atoms. The Balaban J connectivity index is 2.21. The van der Waals surface area contributed by atoms with E-state index in [9.17, 15) is 8.42 Å². The summed E-state index contributed by atoms with van der Waals surface area (Å²) in [5.41, 5.74) is 0.843. The lowest BCUT2D eigenvalue weighted by molar-refractivity contribution is 0.346. The summed E-state index contributed by atoms with van der Waals surface area (Å²) in [5.74, 6) is 0. The lowest BCUT2D eigenvalue weighted by Crippen LogP contribution is -2.35. The van der Waals surface area contributed by atoms with Crippen LogP contribution in [0.15, 0.2) is 29.2 Å². The largest absolute Gasteiger partial charge is 0.243 e. The molecule has 0 aromatic heterocycles. The fraction of sp³-hybridized carbons (Fsp3) is 0.462. The van der Waals surface area contributed by atoms with Crippen LogP contribution in [0, 0.1) is 11.3 Å². The fourth-order valence-corrected chi connectivity index (χ4v) is 3.64. The lowest BCUT2D eigenvalue weighted by atomic mass is 10.2. The zero-order valence-corrected chi connectivity index (χ0v) is 11.0. The van der Waals surface area contributed by atoms with Crippen molar-refractivity contribution in [3.63, 3.8) is 0 Å². The van der Waals surface area contributed by atoms with Crippen LogP contribution in [0.25, 0.3) is 0 Å². The number of nitriles is 1. The Hall–Kier alpha value is -1.38. The Kier molecular flexibility index (Phi) is 4.00. The highest BCUT2D eigenvalue weighted by atomic mass is 32.2. The van der Waals surface area contributed by atoms with Gasteiger partial charge < -0.3 is 0 Å². The van der Waals surface area contributed by atoms with Gasteiger partial charge in [0.05, 0.1) is 17.4 Å². The Morgan fingerprint density at radius 3 is 2.28 bits per heavy atom. The van der Waals surface area contributed by atoms with Gasteiger partial charge in [-0.2, -0.15) is 9.57 Å². The van der Waals surface area contributed by atoms with Gasteiger partial charge >= 0.3 is 0 Å². The lowest BCUT2D eigenvalue weighted by Gasteiger charge is -2.25. The van der Waals surface area contributed by atoms with Crippen molar-refractivity contribution in [3.05, 3.63) is 29.8 Å². The Morgan fingerprint density at radius 1 is 1.11 bits per heavy atom. The van der Waals surface area contributed by atoms with Crippen LogP contribution in [0.2, 0.25) is 0 Å². The quantitative estimate of drug-likeness (QED) is 0.838. The molecule has 5 heteroatoms. The molecule has 1 fully saturated rings. The number of rotatable bonds is 3. The molecule has 0 aliphatic carbocycles. The third-order valence-corrected chi connectivity index (χ3v) is 5.07. The molecule has 4 nitrogen and oxygen atoms in total. The van der Waals surface area contributed by atoms with Crippen molar-refractivity contribution in [2.75, 3.05) is 13.1 Å². The van der Waals surface area contributed by atoms with Gasteiger partial charge in [0.1, 0.15) is 0 Å². The van der Waals surface area contributed by atoms with E-state index in [1.54, 1.807) is 28.6 Å². The normalized spacial score (nSPS) is 17.3. The minimum absolute atomic E-state index is 0.310. The Bertz CT molecular complexity index is 537. The Labute approximate surface area is 108 Å². The predicted molar refractivity (Wildman–Crippen MR) is 68.4 cm³/mol. The molecule has 0 atom stereocenters. The van der Waals surface area contributed by atoms with Crippen LogP contribution < -0.4 is 0 Å². The topological polar surface area (TPSA) is 61.2 Å². The maximum Gasteiger partial charge on any atom is 0.243 e. The smallest absolute Gasteiger partial charge is 0.207 e. The number of piperidine rings is 1. The van der Waals surface area contributed by atoms with Gasteiger partial charge in [-0.1, -0.05) is 18.6 Å². The zero-order chi connectivity index (χ0) is 13.0. The predicted octanol–water partition coefficient (Wildman–Crippen LogP) is 1.93. The Morgan fingerprint density at radius 2 is 1.72 bits per heavy atom. The highest BCUT2D eigenvalue weighted by Crippen LogP contribution is 2.20. The van der Waals surface area contributed by atoms with Crippen LogP contribution >= 0.6 is 0 Å². The van der Waals surface area contributed by atoms with Crippen molar-refractivity contribution < 1.29 is 8.42 Å². The first-order valence-corrected chi connectivity index (χ1v) is 7.54. The van der Waals surface area contributed by atoms with E-state index in [1.165, 1.54) is 0 Å². The van der Waals surface area contributed by atoms with E-state index in [0.717, 1.165) is 24.8 Å². The number of sulfonamides is 1. The van der Waals surface area contributed by atoms with Crippen LogP contribution in [-0.2, 0) is 16.4 Å². The summed E-state index contributed by atoms with van der Waals surface area (Å²) in [6, 6.07) is 8.65. The van der Waals surface area contributed by atoms with Gasteiger partial charge in [0.15, 0.2) is 0 Å². The summed E-state index contributed by atoms with van der Waals surface area (Å²) in [6.07, 6.45) is 3.29. The molecule has 18 heavy (non-hydrogen) atoms. The monoisotopic (exact) mass is 264 g/mol. The van der Waals surface area contributed by atoms with Crippen molar-refractivity contribution in [2.24, 2.45) is 0 Å². The van der Waals surface area contributed by atoms with E-state index in [0.29, 0.717) is 24.4 Å². The number of hydrogen-bond acceptors (Lipinski definition) is 3. The summed E-state index contributed by atoms with van der Waals surface area (Å²) < 4.78 is 26.2. The van der Waals surface area contributed by atoms with Gasteiger partial charge in [0.2, 0.25) is 10.0 Å². The molecule has 1 aliphatic heterocycles. The van der Waals surface area contributed by atoms with Crippen molar-refractivity contribution in [1.29, 1.82) is 5.26 Å². The van der Waals surface area contributed by atoms with E-state index in [1.807, 2.05) is 6.07 Å². The minimum atomic E-state index is -3.34. The molecule has 96 valence electrons. The summed E-state index contributed by atoms with van der Waals surface area (Å²) in [6.45, 7) is 1.23. The van der Waals surface area contributed by atoms with E-state index < -0.39 is 10.0 Å². The molecule has 1 aliphatic rings. The second kappa shape index (κ2) is 5.51. The molecule has 1 aromatic carbocycles. The molecular weight excluding hydrogens is 248 g/mol. The van der Waals surface area contributed by atoms with E-state index in [-0.39, 0.29) is 0 Å². The van der Waals surface area contributed by atoms with Gasteiger partial charge in [-0.3, -0.25) is 0 Å². The average molecular weight is 264 g/mol. The van der Waals surface area contributed by atoms with Crippen molar-refractivity contribution >= 4 is 10.0 Å². The molecule has 0 saturated carbocycles. The number of hydrogen-bond donors (Lipinski definition) is 0. The second-order valence-electron chi connectivity index (χ2n) is 4.44. The molecule has 1 saturated heterocycles. The van der Waals surface area contributed by atoms with Gasteiger partial charge in [0, 0.05) is 13.1 Å². The molecule has 0 amide bonds. The highest BCUT2D eigenvalue weighted by Gasteiger charge is 2.25. The van der Waals surface area contributed by atoms with Crippen molar-refractivity contribution in [2.45, 2.75) is 30.6 Å². The highest BCUT2D eigenvalue weighted by molar-refractivity contribution is 7.89.